The van der Waals surface area contributed by atoms with Crippen LogP contribution in [0.1, 0.15) is 25.0 Å². The smallest absolute Gasteiger partial charge is 0.227 e. The molecule has 2 heterocycles. The summed E-state index contributed by atoms with van der Waals surface area (Å²) in [6.07, 6.45) is 0. The highest BCUT2D eigenvalue weighted by Crippen LogP contribution is 2.52. The van der Waals surface area contributed by atoms with Gasteiger partial charge in [-0.05, 0) is 141 Å². The Hall–Kier alpha value is -7.43. The monoisotopic (exact) mass is 743 g/mol. The average molecular weight is 744 g/mol. The van der Waals surface area contributed by atoms with Crippen molar-refractivity contribution in [2.75, 3.05) is 4.90 Å². The number of hydrogen-bond donors (Lipinski definition) is 0. The summed E-state index contributed by atoms with van der Waals surface area (Å²) in [6, 6.07) is 67.9. The lowest BCUT2D eigenvalue weighted by Crippen LogP contribution is -2.14. The first-order valence-corrected chi connectivity index (χ1v) is 20.0. The predicted molar refractivity (Wildman–Crippen MR) is 241 cm³/mol. The summed E-state index contributed by atoms with van der Waals surface area (Å²) < 4.78 is 8.77. The van der Waals surface area contributed by atoms with Gasteiger partial charge in [0, 0.05) is 44.5 Å². The largest absolute Gasteiger partial charge is 0.436 e. The summed E-state index contributed by atoms with van der Waals surface area (Å²) in [5, 5.41) is 7.35. The van der Waals surface area contributed by atoms with Crippen LogP contribution in [0.25, 0.3) is 82.7 Å². The van der Waals surface area contributed by atoms with E-state index in [1.165, 1.54) is 65.6 Å². The molecule has 9 aromatic carbocycles. The van der Waals surface area contributed by atoms with Crippen LogP contribution >= 0.6 is 0 Å². The first-order chi connectivity index (χ1) is 28.5. The molecule has 0 atom stereocenters. The number of benzene rings is 9. The zero-order chi connectivity index (χ0) is 38.5. The van der Waals surface area contributed by atoms with Gasteiger partial charge in [0.25, 0.3) is 0 Å². The molecule has 0 fully saturated rings. The van der Waals surface area contributed by atoms with E-state index in [1.807, 2.05) is 30.3 Å². The van der Waals surface area contributed by atoms with Gasteiger partial charge in [-0.3, -0.25) is 0 Å². The Bertz CT molecular complexity index is 3420. The summed E-state index contributed by atoms with van der Waals surface area (Å²) in [4.78, 5) is 7.33. The number of oxazole rings is 1. The fraction of sp³-hybridized carbons (Fsp3) is 0.0556. The molecule has 2 aromatic heterocycles. The maximum Gasteiger partial charge on any atom is 0.227 e. The third kappa shape index (κ3) is 4.85. The first-order valence-electron chi connectivity index (χ1n) is 20.0. The number of rotatable bonds is 5. The highest BCUT2D eigenvalue weighted by Gasteiger charge is 2.37. The standard InChI is InChI=1S/C54H37N3O/c1-54(2)47-28-36-23-22-34-24-25-39(29-42(34)43(36)31-44(47)45-32-52-49(33-48(45)54)55-53(58-52)35-14-6-3-7-15-35)56(37-16-8-4-9-17-37)40-26-27-51-46(30-40)41-20-12-13-21-50(41)57(51)38-18-10-5-11-19-38/h3-33H,1-2H3. The maximum absolute atomic E-state index is 6.40. The van der Waals surface area contributed by atoms with Crippen LogP contribution in [-0.4, -0.2) is 9.55 Å². The van der Waals surface area contributed by atoms with Gasteiger partial charge in [-0.2, -0.15) is 0 Å². The molecule has 0 N–H and O–H groups in total. The van der Waals surface area contributed by atoms with Crippen LogP contribution in [0, 0.1) is 0 Å². The molecule has 0 amide bonds. The van der Waals surface area contributed by atoms with Gasteiger partial charge in [0.15, 0.2) is 5.58 Å². The van der Waals surface area contributed by atoms with Crippen molar-refractivity contribution < 1.29 is 4.42 Å². The molecule has 274 valence electrons. The summed E-state index contributed by atoms with van der Waals surface area (Å²) in [5.74, 6) is 0.651. The van der Waals surface area contributed by atoms with Crippen molar-refractivity contribution in [3.63, 3.8) is 0 Å². The average Bonchev–Trinajstić information content (AvgIpc) is 3.91. The molecule has 0 saturated carbocycles. The van der Waals surface area contributed by atoms with Crippen LogP contribution in [0.2, 0.25) is 0 Å². The second-order valence-corrected chi connectivity index (χ2v) is 16.0. The van der Waals surface area contributed by atoms with Crippen molar-refractivity contribution in [2.24, 2.45) is 0 Å². The predicted octanol–water partition coefficient (Wildman–Crippen LogP) is 14.7. The van der Waals surface area contributed by atoms with E-state index in [-0.39, 0.29) is 5.41 Å². The van der Waals surface area contributed by atoms with Gasteiger partial charge in [-0.25, -0.2) is 4.98 Å². The lowest BCUT2D eigenvalue weighted by molar-refractivity contribution is 0.619. The fourth-order valence-electron chi connectivity index (χ4n) is 9.51. The summed E-state index contributed by atoms with van der Waals surface area (Å²) in [6.45, 7) is 4.66. The summed E-state index contributed by atoms with van der Waals surface area (Å²) >= 11 is 0. The topological polar surface area (TPSA) is 34.2 Å². The molecule has 0 saturated heterocycles. The molecule has 0 bridgehead atoms. The van der Waals surface area contributed by atoms with Crippen molar-refractivity contribution in [3.8, 4) is 28.3 Å². The minimum absolute atomic E-state index is 0.192. The molecule has 0 aliphatic heterocycles. The zero-order valence-electron chi connectivity index (χ0n) is 32.1. The Labute approximate surface area is 335 Å². The van der Waals surface area contributed by atoms with E-state index in [0.717, 1.165) is 39.4 Å². The van der Waals surface area contributed by atoms with E-state index in [2.05, 4.69) is 181 Å². The molecular formula is C54H37N3O. The molecule has 1 aliphatic rings. The molecule has 0 radical (unpaired) electrons. The van der Waals surface area contributed by atoms with E-state index >= 15 is 0 Å². The molecule has 11 aromatic rings. The molecule has 1 aliphatic carbocycles. The first kappa shape index (κ1) is 32.8. The number of hydrogen-bond acceptors (Lipinski definition) is 3. The number of nitrogens with zero attached hydrogens (tertiary/aromatic N) is 3. The SMILES string of the molecule is CC1(C)c2cc3ccc4ccc(N(c5ccccc5)c5ccc6c(c5)c5ccccc5n6-c5ccccc5)cc4c3cc2-c2cc3oc(-c4ccccc4)nc3cc21. The van der Waals surface area contributed by atoms with Crippen LogP contribution < -0.4 is 4.90 Å². The Morgan fingerprint density at radius 3 is 1.90 bits per heavy atom. The van der Waals surface area contributed by atoms with Crippen molar-refractivity contribution in [3.05, 3.63) is 199 Å². The van der Waals surface area contributed by atoms with Crippen molar-refractivity contribution in [1.29, 1.82) is 0 Å². The third-order valence-electron chi connectivity index (χ3n) is 12.3. The van der Waals surface area contributed by atoms with Crippen molar-refractivity contribution >= 4 is 71.5 Å². The Morgan fingerprint density at radius 2 is 1.09 bits per heavy atom. The van der Waals surface area contributed by atoms with Crippen LogP contribution in [0.3, 0.4) is 0 Å². The van der Waals surface area contributed by atoms with E-state index in [1.54, 1.807) is 0 Å². The van der Waals surface area contributed by atoms with E-state index in [4.69, 9.17) is 9.40 Å². The molecule has 0 spiro atoms. The second kappa shape index (κ2) is 12.3. The van der Waals surface area contributed by atoms with E-state index in [9.17, 15) is 0 Å². The van der Waals surface area contributed by atoms with Crippen LogP contribution in [0.15, 0.2) is 192 Å². The molecular weight excluding hydrogens is 707 g/mol. The fourth-order valence-corrected chi connectivity index (χ4v) is 9.51. The molecule has 4 heteroatoms. The van der Waals surface area contributed by atoms with Crippen molar-refractivity contribution in [2.45, 2.75) is 19.3 Å². The number of para-hydroxylation sites is 3. The van der Waals surface area contributed by atoms with Gasteiger partial charge in [0.1, 0.15) is 5.52 Å². The van der Waals surface area contributed by atoms with Gasteiger partial charge in [0.2, 0.25) is 5.89 Å². The van der Waals surface area contributed by atoms with Crippen molar-refractivity contribution in [1.82, 2.24) is 9.55 Å². The lowest BCUT2D eigenvalue weighted by atomic mass is 9.81. The molecule has 0 unspecified atom stereocenters. The molecule has 12 rings (SSSR count). The van der Waals surface area contributed by atoms with Gasteiger partial charge in [-0.1, -0.05) is 105 Å². The van der Waals surface area contributed by atoms with Gasteiger partial charge < -0.3 is 13.9 Å². The van der Waals surface area contributed by atoms with Gasteiger partial charge in [-0.15, -0.1) is 0 Å². The number of fused-ring (bicyclic) bond motifs is 10. The Morgan fingerprint density at radius 1 is 0.483 bits per heavy atom. The number of aromatic nitrogens is 2. The molecule has 4 nitrogen and oxygen atoms in total. The lowest BCUT2D eigenvalue weighted by Gasteiger charge is -2.26. The maximum atomic E-state index is 6.40. The van der Waals surface area contributed by atoms with Crippen LogP contribution in [0.5, 0.6) is 0 Å². The Balaban J connectivity index is 1.04. The van der Waals surface area contributed by atoms with E-state index < -0.39 is 0 Å². The zero-order valence-corrected chi connectivity index (χ0v) is 32.1. The normalized spacial score (nSPS) is 13.1. The molecule has 58 heavy (non-hydrogen) atoms. The minimum Gasteiger partial charge on any atom is -0.436 e. The third-order valence-corrected chi connectivity index (χ3v) is 12.3. The summed E-state index contributed by atoms with van der Waals surface area (Å²) in [7, 11) is 0. The van der Waals surface area contributed by atoms with Crippen LogP contribution in [0.4, 0.5) is 17.1 Å². The Kier molecular flexibility index (Phi) is 6.94. The van der Waals surface area contributed by atoms with Crippen LogP contribution in [-0.2, 0) is 5.41 Å². The minimum atomic E-state index is -0.192. The van der Waals surface area contributed by atoms with E-state index in [0.29, 0.717) is 5.89 Å². The quantitative estimate of drug-likeness (QED) is 0.165. The van der Waals surface area contributed by atoms with Gasteiger partial charge in [0.05, 0.1) is 11.0 Å². The summed E-state index contributed by atoms with van der Waals surface area (Å²) in [5.41, 5.74) is 14.4. The van der Waals surface area contributed by atoms with Gasteiger partial charge >= 0.3 is 0 Å². The highest BCUT2D eigenvalue weighted by molar-refractivity contribution is 6.13. The highest BCUT2D eigenvalue weighted by atomic mass is 16.3. The number of anilines is 3. The second-order valence-electron chi connectivity index (χ2n) is 16.0.